The van der Waals surface area contributed by atoms with Gasteiger partial charge in [-0.15, -0.1) is 10.2 Å². The van der Waals surface area contributed by atoms with E-state index in [0.29, 0.717) is 23.7 Å². The molecule has 0 aliphatic carbocycles. The van der Waals surface area contributed by atoms with Gasteiger partial charge < -0.3 is 4.90 Å². The number of carbonyl (C=O) groups is 2. The summed E-state index contributed by atoms with van der Waals surface area (Å²) >= 11 is 1.33. The second kappa shape index (κ2) is 8.13. The molecule has 2 heterocycles. The number of hydrogen-bond donors (Lipinski definition) is 1. The molecule has 6 nitrogen and oxygen atoms in total. The molecular weight excluding hydrogens is 384 g/mol. The fraction of sp³-hybridized carbons (Fsp3) is 0.273. The Bertz CT molecular complexity index is 1040. The number of rotatable bonds is 5. The van der Waals surface area contributed by atoms with Crippen molar-refractivity contribution in [2.45, 2.75) is 32.6 Å². The van der Waals surface area contributed by atoms with Crippen LogP contribution in [-0.2, 0) is 11.2 Å². The molecule has 1 aromatic heterocycles. The molecule has 1 atom stereocenters. The number of aryl methyl sites for hydroxylation is 2. The van der Waals surface area contributed by atoms with Crippen LogP contribution in [0.1, 0.15) is 45.8 Å². The first-order chi connectivity index (χ1) is 14.0. The zero-order chi connectivity index (χ0) is 20.4. The van der Waals surface area contributed by atoms with E-state index >= 15 is 0 Å². The number of aromatic nitrogens is 2. The molecule has 1 aliphatic rings. The Kier molecular flexibility index (Phi) is 5.40. The van der Waals surface area contributed by atoms with Gasteiger partial charge in [0.2, 0.25) is 11.0 Å². The van der Waals surface area contributed by atoms with E-state index in [2.05, 4.69) is 34.6 Å². The van der Waals surface area contributed by atoms with E-state index < -0.39 is 0 Å². The lowest BCUT2D eigenvalue weighted by atomic mass is 10.1. The van der Waals surface area contributed by atoms with Gasteiger partial charge in [0.15, 0.2) is 0 Å². The van der Waals surface area contributed by atoms with Gasteiger partial charge in [0.1, 0.15) is 5.01 Å². The molecule has 1 unspecified atom stereocenters. The first kappa shape index (κ1) is 19.3. The summed E-state index contributed by atoms with van der Waals surface area (Å²) in [5.74, 6) is -0.146. The zero-order valence-electron chi connectivity index (χ0n) is 16.4. The lowest BCUT2D eigenvalue weighted by Gasteiger charge is -2.16. The zero-order valence-corrected chi connectivity index (χ0v) is 17.2. The number of carbonyl (C=O) groups excluding carboxylic acids is 2. The molecule has 1 fully saturated rings. The SMILES string of the molecule is CCc1ccc(N2CC(c3nnc(NC(=O)c4cccc(C)c4)s3)CC2=O)cc1. The predicted octanol–water partition coefficient (Wildman–Crippen LogP) is 4.18. The van der Waals surface area contributed by atoms with Crippen LogP contribution in [0.25, 0.3) is 0 Å². The summed E-state index contributed by atoms with van der Waals surface area (Å²) in [6.45, 7) is 4.63. The molecular formula is C22H22N4O2S. The molecule has 3 aromatic rings. The van der Waals surface area contributed by atoms with E-state index in [9.17, 15) is 9.59 Å². The van der Waals surface area contributed by atoms with Crippen LogP contribution < -0.4 is 10.2 Å². The van der Waals surface area contributed by atoms with E-state index in [0.717, 1.165) is 22.7 Å². The highest BCUT2D eigenvalue weighted by Crippen LogP contribution is 2.34. The molecule has 1 saturated heterocycles. The van der Waals surface area contributed by atoms with E-state index in [1.54, 1.807) is 11.0 Å². The fourth-order valence-electron chi connectivity index (χ4n) is 3.44. The maximum Gasteiger partial charge on any atom is 0.257 e. The molecule has 2 aromatic carbocycles. The van der Waals surface area contributed by atoms with Crippen molar-refractivity contribution in [3.05, 3.63) is 70.2 Å². The van der Waals surface area contributed by atoms with Crippen molar-refractivity contribution >= 4 is 34.0 Å². The van der Waals surface area contributed by atoms with Gasteiger partial charge in [0.05, 0.1) is 0 Å². The maximum absolute atomic E-state index is 12.5. The van der Waals surface area contributed by atoms with Crippen LogP contribution in [0.2, 0.25) is 0 Å². The number of amides is 2. The first-order valence-electron chi connectivity index (χ1n) is 9.64. The van der Waals surface area contributed by atoms with E-state index in [4.69, 9.17) is 0 Å². The molecule has 0 bridgehead atoms. The van der Waals surface area contributed by atoms with E-state index in [-0.39, 0.29) is 17.7 Å². The van der Waals surface area contributed by atoms with Gasteiger partial charge in [0.25, 0.3) is 5.91 Å². The molecule has 4 rings (SSSR count). The summed E-state index contributed by atoms with van der Waals surface area (Å²) < 4.78 is 0. The highest BCUT2D eigenvalue weighted by atomic mass is 32.1. The lowest BCUT2D eigenvalue weighted by molar-refractivity contribution is -0.117. The number of nitrogens with one attached hydrogen (secondary N) is 1. The molecule has 1 aliphatic heterocycles. The minimum Gasteiger partial charge on any atom is -0.312 e. The summed E-state index contributed by atoms with van der Waals surface area (Å²) in [6, 6.07) is 15.5. The summed E-state index contributed by atoms with van der Waals surface area (Å²) in [7, 11) is 0. The van der Waals surface area contributed by atoms with Gasteiger partial charge in [-0.3, -0.25) is 14.9 Å². The van der Waals surface area contributed by atoms with E-state index in [1.807, 2.05) is 37.3 Å². The van der Waals surface area contributed by atoms with Crippen LogP contribution in [0.4, 0.5) is 10.8 Å². The number of anilines is 2. The standard InChI is InChI=1S/C22H22N4O2S/c1-3-15-7-9-18(10-8-15)26-13-17(12-19(26)27)21-24-25-22(29-21)23-20(28)16-6-4-5-14(2)11-16/h4-11,17H,3,12-13H2,1-2H3,(H,23,25,28). The summed E-state index contributed by atoms with van der Waals surface area (Å²) in [5.41, 5.74) is 3.76. The van der Waals surface area contributed by atoms with Gasteiger partial charge in [-0.25, -0.2) is 0 Å². The Balaban J connectivity index is 1.44. The predicted molar refractivity (Wildman–Crippen MR) is 115 cm³/mol. The van der Waals surface area contributed by atoms with Crippen LogP contribution in [-0.4, -0.2) is 28.6 Å². The second-order valence-electron chi connectivity index (χ2n) is 7.19. The van der Waals surface area contributed by atoms with Gasteiger partial charge in [-0.05, 0) is 43.2 Å². The summed E-state index contributed by atoms with van der Waals surface area (Å²) in [4.78, 5) is 26.7. The van der Waals surface area contributed by atoms with Crippen molar-refractivity contribution in [3.63, 3.8) is 0 Å². The monoisotopic (exact) mass is 406 g/mol. The first-order valence-corrected chi connectivity index (χ1v) is 10.5. The van der Waals surface area contributed by atoms with Crippen molar-refractivity contribution in [2.24, 2.45) is 0 Å². The van der Waals surface area contributed by atoms with Gasteiger partial charge >= 0.3 is 0 Å². The van der Waals surface area contributed by atoms with Gasteiger partial charge in [-0.1, -0.05) is 48.1 Å². The smallest absolute Gasteiger partial charge is 0.257 e. The third-order valence-electron chi connectivity index (χ3n) is 5.07. The summed E-state index contributed by atoms with van der Waals surface area (Å²) in [6.07, 6.45) is 1.37. The van der Waals surface area contributed by atoms with Gasteiger partial charge in [0, 0.05) is 30.1 Å². The quantitative estimate of drug-likeness (QED) is 0.690. The molecule has 0 radical (unpaired) electrons. The molecule has 0 saturated carbocycles. The van der Waals surface area contributed by atoms with Crippen molar-refractivity contribution in [1.29, 1.82) is 0 Å². The normalized spacial score (nSPS) is 16.3. The van der Waals surface area contributed by atoms with Crippen molar-refractivity contribution in [1.82, 2.24) is 10.2 Å². The minimum atomic E-state index is -0.212. The van der Waals surface area contributed by atoms with Crippen LogP contribution in [0.3, 0.4) is 0 Å². The maximum atomic E-state index is 12.5. The highest BCUT2D eigenvalue weighted by Gasteiger charge is 2.34. The van der Waals surface area contributed by atoms with Gasteiger partial charge in [-0.2, -0.15) is 0 Å². The fourth-order valence-corrected chi connectivity index (χ4v) is 4.27. The van der Waals surface area contributed by atoms with E-state index in [1.165, 1.54) is 16.9 Å². The molecule has 0 spiro atoms. The Labute approximate surface area is 173 Å². The third-order valence-corrected chi connectivity index (χ3v) is 6.07. The Morgan fingerprint density at radius 1 is 1.21 bits per heavy atom. The summed E-state index contributed by atoms with van der Waals surface area (Å²) in [5, 5.41) is 12.3. The van der Waals surface area contributed by atoms with Crippen molar-refractivity contribution in [2.75, 3.05) is 16.8 Å². The number of nitrogens with zero attached hydrogens (tertiary/aromatic N) is 3. The number of benzene rings is 2. The molecule has 7 heteroatoms. The second-order valence-corrected chi connectivity index (χ2v) is 8.20. The van der Waals surface area contributed by atoms with Crippen LogP contribution >= 0.6 is 11.3 Å². The van der Waals surface area contributed by atoms with Crippen LogP contribution in [0, 0.1) is 6.92 Å². The lowest BCUT2D eigenvalue weighted by Crippen LogP contribution is -2.24. The van der Waals surface area contributed by atoms with Crippen LogP contribution in [0.5, 0.6) is 0 Å². The average molecular weight is 407 g/mol. The topological polar surface area (TPSA) is 75.2 Å². The third kappa shape index (κ3) is 4.19. The average Bonchev–Trinajstić information content (AvgIpc) is 3.34. The molecule has 1 N–H and O–H groups in total. The van der Waals surface area contributed by atoms with Crippen LogP contribution in [0.15, 0.2) is 48.5 Å². The number of hydrogen-bond acceptors (Lipinski definition) is 5. The Morgan fingerprint density at radius 3 is 2.72 bits per heavy atom. The minimum absolute atomic E-state index is 0.0181. The molecule has 29 heavy (non-hydrogen) atoms. The molecule has 2 amide bonds. The highest BCUT2D eigenvalue weighted by molar-refractivity contribution is 7.15. The Hall–Kier alpha value is -3.06. The Morgan fingerprint density at radius 2 is 2.00 bits per heavy atom. The largest absolute Gasteiger partial charge is 0.312 e. The van der Waals surface area contributed by atoms with Crippen molar-refractivity contribution < 1.29 is 9.59 Å². The van der Waals surface area contributed by atoms with Crippen molar-refractivity contribution in [3.8, 4) is 0 Å². The molecule has 148 valence electrons.